The van der Waals surface area contributed by atoms with E-state index in [0.717, 1.165) is 0 Å². The van der Waals surface area contributed by atoms with Gasteiger partial charge in [0.25, 0.3) is 11.8 Å². The van der Waals surface area contributed by atoms with E-state index < -0.39 is 9.84 Å². The molecule has 7 nitrogen and oxygen atoms in total. The molecule has 2 amide bonds. The molecule has 1 aliphatic heterocycles. The van der Waals surface area contributed by atoms with Crippen molar-refractivity contribution in [1.29, 1.82) is 0 Å². The first-order chi connectivity index (χ1) is 10.4. The van der Waals surface area contributed by atoms with Gasteiger partial charge < -0.3 is 15.4 Å². The Labute approximate surface area is 129 Å². The van der Waals surface area contributed by atoms with Crippen LogP contribution in [0.3, 0.4) is 0 Å². The lowest BCUT2D eigenvalue weighted by Gasteiger charge is -2.11. The summed E-state index contributed by atoms with van der Waals surface area (Å²) in [5.41, 5.74) is 0.496. The summed E-state index contributed by atoms with van der Waals surface area (Å²) in [4.78, 5) is 23.1. The number of hydrogen-bond acceptors (Lipinski definition) is 5. The van der Waals surface area contributed by atoms with Crippen molar-refractivity contribution in [1.82, 2.24) is 10.6 Å². The van der Waals surface area contributed by atoms with E-state index in [9.17, 15) is 18.0 Å². The quantitative estimate of drug-likeness (QED) is 0.775. The highest BCUT2D eigenvalue weighted by Crippen LogP contribution is 2.13. The Morgan fingerprint density at radius 3 is 2.50 bits per heavy atom. The highest BCUT2D eigenvalue weighted by molar-refractivity contribution is 7.91. The first-order valence-corrected chi connectivity index (χ1v) is 8.66. The molecule has 0 spiro atoms. The highest BCUT2D eigenvalue weighted by Gasteiger charge is 2.28. The zero-order valence-corrected chi connectivity index (χ0v) is 13.0. The van der Waals surface area contributed by atoms with Crippen molar-refractivity contribution >= 4 is 21.7 Å². The van der Waals surface area contributed by atoms with Gasteiger partial charge in [-0.3, -0.25) is 9.59 Å². The average molecular weight is 326 g/mol. The molecule has 1 aromatic rings. The number of ether oxygens (including phenoxy) is 1. The molecule has 1 aromatic carbocycles. The van der Waals surface area contributed by atoms with Crippen LogP contribution in [0.2, 0.25) is 0 Å². The molecule has 0 saturated carbocycles. The van der Waals surface area contributed by atoms with Crippen LogP contribution in [-0.2, 0) is 14.6 Å². The van der Waals surface area contributed by atoms with Crippen LogP contribution in [0.15, 0.2) is 24.3 Å². The average Bonchev–Trinajstić information content (AvgIpc) is 2.83. The van der Waals surface area contributed by atoms with Gasteiger partial charge in [-0.2, -0.15) is 0 Å². The third kappa shape index (κ3) is 4.45. The van der Waals surface area contributed by atoms with Gasteiger partial charge in [-0.05, 0) is 30.7 Å². The molecular formula is C14H18N2O5S. The van der Waals surface area contributed by atoms with Crippen LogP contribution in [0.5, 0.6) is 5.75 Å². The van der Waals surface area contributed by atoms with E-state index in [1.165, 1.54) is 0 Å². The summed E-state index contributed by atoms with van der Waals surface area (Å²) in [6, 6.07) is 6.04. The number of rotatable bonds is 5. The fourth-order valence-corrected chi connectivity index (χ4v) is 3.85. The van der Waals surface area contributed by atoms with Gasteiger partial charge in [0.05, 0.1) is 11.5 Å². The van der Waals surface area contributed by atoms with E-state index >= 15 is 0 Å². The molecule has 2 N–H and O–H groups in total. The van der Waals surface area contributed by atoms with Gasteiger partial charge >= 0.3 is 0 Å². The molecule has 1 atom stereocenters. The number of carbonyl (C=O) groups is 2. The Kier molecular flexibility index (Phi) is 5.02. The van der Waals surface area contributed by atoms with E-state index in [4.69, 9.17) is 4.74 Å². The van der Waals surface area contributed by atoms with Crippen LogP contribution in [0.1, 0.15) is 16.8 Å². The maximum Gasteiger partial charge on any atom is 0.258 e. The molecule has 0 radical (unpaired) electrons. The maximum absolute atomic E-state index is 11.7. The molecule has 120 valence electrons. The van der Waals surface area contributed by atoms with E-state index in [-0.39, 0.29) is 36.0 Å². The van der Waals surface area contributed by atoms with Crippen LogP contribution in [0.25, 0.3) is 0 Å². The van der Waals surface area contributed by atoms with Gasteiger partial charge in [0.2, 0.25) is 0 Å². The predicted molar refractivity (Wildman–Crippen MR) is 80.5 cm³/mol. The Morgan fingerprint density at radius 2 is 1.95 bits per heavy atom. The maximum atomic E-state index is 11.7. The van der Waals surface area contributed by atoms with E-state index in [1.54, 1.807) is 31.3 Å². The number of nitrogens with one attached hydrogen (secondary N) is 2. The topological polar surface area (TPSA) is 102 Å². The molecule has 8 heteroatoms. The second-order valence-corrected chi connectivity index (χ2v) is 7.29. The third-order valence-corrected chi connectivity index (χ3v) is 5.08. The van der Waals surface area contributed by atoms with Crippen molar-refractivity contribution in [3.8, 4) is 5.75 Å². The fraction of sp³-hybridized carbons (Fsp3) is 0.429. The third-order valence-electron chi connectivity index (χ3n) is 3.31. The largest absolute Gasteiger partial charge is 0.484 e. The molecule has 1 fully saturated rings. The molecule has 2 rings (SSSR count). The van der Waals surface area contributed by atoms with Crippen molar-refractivity contribution < 1.29 is 22.7 Å². The van der Waals surface area contributed by atoms with E-state index in [0.29, 0.717) is 17.7 Å². The first-order valence-electron chi connectivity index (χ1n) is 6.84. The minimum atomic E-state index is -3.02. The number of hydrogen-bond donors (Lipinski definition) is 2. The van der Waals surface area contributed by atoms with Gasteiger partial charge in [0, 0.05) is 18.7 Å². The highest BCUT2D eigenvalue weighted by atomic mass is 32.2. The monoisotopic (exact) mass is 326 g/mol. The molecule has 1 aliphatic rings. The standard InChI is InChI=1S/C14H18N2O5S/c1-15-14(18)10-2-4-12(5-3-10)21-8-13(17)16-11-6-7-22(19,20)9-11/h2-5,11H,6-9H2,1H3,(H,15,18)(H,16,17). The number of sulfone groups is 1. The lowest BCUT2D eigenvalue weighted by molar-refractivity contribution is -0.123. The Balaban J connectivity index is 1.80. The minimum absolute atomic E-state index is 0.0143. The second kappa shape index (κ2) is 6.78. The summed E-state index contributed by atoms with van der Waals surface area (Å²) in [6.45, 7) is -0.199. The summed E-state index contributed by atoms with van der Waals surface area (Å²) in [5, 5.41) is 5.14. The second-order valence-electron chi connectivity index (χ2n) is 5.06. The molecule has 1 unspecified atom stereocenters. The van der Waals surface area contributed by atoms with Crippen LogP contribution in [0.4, 0.5) is 0 Å². The summed E-state index contributed by atoms with van der Waals surface area (Å²) in [5.74, 6) is -0.00895. The number of carbonyl (C=O) groups excluding carboxylic acids is 2. The number of amides is 2. The zero-order chi connectivity index (χ0) is 16.2. The Hall–Kier alpha value is -2.09. The lowest BCUT2D eigenvalue weighted by Crippen LogP contribution is -2.38. The van der Waals surface area contributed by atoms with Gasteiger partial charge in [0.1, 0.15) is 5.75 Å². The normalized spacial score (nSPS) is 19.4. The molecule has 0 aromatic heterocycles. The molecular weight excluding hydrogens is 308 g/mol. The number of benzene rings is 1. The summed E-state index contributed by atoms with van der Waals surface area (Å²) in [7, 11) is -1.48. The summed E-state index contributed by atoms with van der Waals surface area (Å²) in [6.07, 6.45) is 0.439. The van der Waals surface area contributed by atoms with Crippen molar-refractivity contribution in [3.05, 3.63) is 29.8 Å². The smallest absolute Gasteiger partial charge is 0.258 e. The fourth-order valence-electron chi connectivity index (χ4n) is 2.17. The van der Waals surface area contributed by atoms with Gasteiger partial charge in [-0.25, -0.2) is 8.42 Å². The van der Waals surface area contributed by atoms with Gasteiger partial charge in [0.15, 0.2) is 16.4 Å². The molecule has 0 aliphatic carbocycles. The van der Waals surface area contributed by atoms with Crippen LogP contribution in [-0.4, -0.2) is 51.4 Å². The zero-order valence-electron chi connectivity index (χ0n) is 12.2. The van der Waals surface area contributed by atoms with Crippen molar-refractivity contribution in [2.45, 2.75) is 12.5 Å². The predicted octanol–water partition coefficient (Wildman–Crippen LogP) is -0.272. The Morgan fingerprint density at radius 1 is 1.27 bits per heavy atom. The molecule has 0 bridgehead atoms. The Bertz CT molecular complexity index is 654. The van der Waals surface area contributed by atoms with Crippen molar-refractivity contribution in [2.75, 3.05) is 25.2 Å². The lowest BCUT2D eigenvalue weighted by atomic mass is 10.2. The molecule has 1 heterocycles. The van der Waals surface area contributed by atoms with Crippen molar-refractivity contribution in [2.24, 2.45) is 0 Å². The van der Waals surface area contributed by atoms with E-state index in [1.807, 2.05) is 0 Å². The van der Waals surface area contributed by atoms with Crippen molar-refractivity contribution in [3.63, 3.8) is 0 Å². The van der Waals surface area contributed by atoms with Gasteiger partial charge in [-0.15, -0.1) is 0 Å². The summed E-state index contributed by atoms with van der Waals surface area (Å²) >= 11 is 0. The molecule has 1 saturated heterocycles. The van der Waals surface area contributed by atoms with Crippen LogP contribution >= 0.6 is 0 Å². The molecule has 22 heavy (non-hydrogen) atoms. The minimum Gasteiger partial charge on any atom is -0.484 e. The van der Waals surface area contributed by atoms with Crippen LogP contribution in [0, 0.1) is 0 Å². The van der Waals surface area contributed by atoms with Gasteiger partial charge in [-0.1, -0.05) is 0 Å². The van der Waals surface area contributed by atoms with Crippen LogP contribution < -0.4 is 15.4 Å². The first kappa shape index (κ1) is 16.3. The summed E-state index contributed by atoms with van der Waals surface area (Å²) < 4.78 is 27.9. The SMILES string of the molecule is CNC(=O)c1ccc(OCC(=O)NC2CCS(=O)(=O)C2)cc1. The van der Waals surface area contributed by atoms with E-state index in [2.05, 4.69) is 10.6 Å².